The van der Waals surface area contributed by atoms with E-state index in [1.165, 1.54) is 24.8 Å². The average molecular weight is 261 g/mol. The van der Waals surface area contributed by atoms with Crippen molar-refractivity contribution in [3.8, 4) is 0 Å². The summed E-state index contributed by atoms with van der Waals surface area (Å²) in [7, 11) is 0. The number of aliphatic hydroxyl groups excluding tert-OH is 1. The molecule has 2 aliphatic heterocycles. The number of allylic oxidation sites excluding steroid dienone is 1. The highest BCUT2D eigenvalue weighted by atomic mass is 16.3. The Kier molecular flexibility index (Phi) is 2.65. The highest BCUT2D eigenvalue weighted by Gasteiger charge is 2.61. The molecule has 1 saturated carbocycles. The minimum atomic E-state index is 0.0866. The van der Waals surface area contributed by atoms with E-state index in [0.717, 1.165) is 32.4 Å². The molecule has 2 bridgehead atoms. The number of hydrogen-bond donors (Lipinski definition) is 1. The maximum absolute atomic E-state index is 12.5. The predicted molar refractivity (Wildman–Crippen MR) is 72.7 cm³/mol. The van der Waals surface area contributed by atoms with Crippen LogP contribution in [0.3, 0.4) is 0 Å². The number of rotatable bonds is 1. The van der Waals surface area contributed by atoms with Gasteiger partial charge in [-0.25, -0.2) is 0 Å². The number of carbonyl (C=O) groups is 1. The number of Topliss-reactive ketones (excluding diaryl/α,β-unsaturated/α-hetero) is 1. The summed E-state index contributed by atoms with van der Waals surface area (Å²) < 4.78 is 0. The van der Waals surface area contributed by atoms with E-state index in [1.54, 1.807) is 0 Å². The van der Waals surface area contributed by atoms with Crippen molar-refractivity contribution in [3.63, 3.8) is 0 Å². The first-order valence-electron chi connectivity index (χ1n) is 7.84. The van der Waals surface area contributed by atoms with Crippen LogP contribution in [0.2, 0.25) is 0 Å². The molecule has 2 heterocycles. The van der Waals surface area contributed by atoms with Crippen molar-refractivity contribution in [2.75, 3.05) is 19.7 Å². The van der Waals surface area contributed by atoms with Gasteiger partial charge in [0.2, 0.25) is 0 Å². The SMILES string of the molecule is O=C1C[C@@H]2C=C(CO)C[C@@]34[C@@H]1CCCN3CCC[C@H]24. The molecule has 1 N–H and O–H groups in total. The van der Waals surface area contributed by atoms with Gasteiger partial charge < -0.3 is 5.11 Å². The summed E-state index contributed by atoms with van der Waals surface area (Å²) in [5.41, 5.74) is 1.27. The Hall–Kier alpha value is -0.670. The molecule has 3 heteroatoms. The maximum Gasteiger partial charge on any atom is 0.138 e. The first-order valence-corrected chi connectivity index (χ1v) is 7.84. The van der Waals surface area contributed by atoms with Gasteiger partial charge in [0.25, 0.3) is 0 Å². The lowest BCUT2D eigenvalue weighted by molar-refractivity contribution is -0.156. The maximum atomic E-state index is 12.5. The molecule has 0 aromatic carbocycles. The molecule has 2 saturated heterocycles. The molecule has 0 unspecified atom stereocenters. The van der Waals surface area contributed by atoms with Crippen LogP contribution in [0.1, 0.15) is 38.5 Å². The molecular formula is C16H23NO2. The fraction of sp³-hybridized carbons (Fsp3) is 0.812. The number of hydrogen-bond acceptors (Lipinski definition) is 3. The fourth-order valence-corrected chi connectivity index (χ4v) is 5.65. The lowest BCUT2D eigenvalue weighted by Crippen LogP contribution is -2.70. The summed E-state index contributed by atoms with van der Waals surface area (Å²) in [6, 6.07) is 0. The van der Waals surface area contributed by atoms with Crippen molar-refractivity contribution in [2.24, 2.45) is 17.8 Å². The number of carbonyl (C=O) groups excluding carboxylic acids is 1. The van der Waals surface area contributed by atoms with E-state index in [-0.39, 0.29) is 18.1 Å². The van der Waals surface area contributed by atoms with E-state index in [1.807, 2.05) is 0 Å². The van der Waals surface area contributed by atoms with Gasteiger partial charge >= 0.3 is 0 Å². The van der Waals surface area contributed by atoms with E-state index in [2.05, 4.69) is 11.0 Å². The quantitative estimate of drug-likeness (QED) is 0.731. The smallest absolute Gasteiger partial charge is 0.138 e. The highest BCUT2D eigenvalue weighted by molar-refractivity contribution is 5.84. The molecule has 0 radical (unpaired) electrons. The Labute approximate surface area is 114 Å². The minimum Gasteiger partial charge on any atom is -0.392 e. The Morgan fingerprint density at radius 2 is 2.11 bits per heavy atom. The number of piperidine rings is 2. The van der Waals surface area contributed by atoms with Gasteiger partial charge in [0.15, 0.2) is 0 Å². The molecule has 19 heavy (non-hydrogen) atoms. The van der Waals surface area contributed by atoms with Crippen LogP contribution in [-0.2, 0) is 4.79 Å². The summed E-state index contributed by atoms with van der Waals surface area (Å²) in [6.45, 7) is 2.50. The Bertz CT molecular complexity index is 442. The molecule has 3 fully saturated rings. The lowest BCUT2D eigenvalue weighted by Gasteiger charge is -2.64. The largest absolute Gasteiger partial charge is 0.392 e. The van der Waals surface area contributed by atoms with Gasteiger partial charge in [0, 0.05) is 17.9 Å². The van der Waals surface area contributed by atoms with E-state index in [9.17, 15) is 9.90 Å². The van der Waals surface area contributed by atoms with Crippen LogP contribution in [0.5, 0.6) is 0 Å². The van der Waals surface area contributed by atoms with Gasteiger partial charge in [-0.1, -0.05) is 6.08 Å². The van der Waals surface area contributed by atoms with Crippen LogP contribution in [0.15, 0.2) is 11.6 Å². The van der Waals surface area contributed by atoms with Crippen LogP contribution in [0.4, 0.5) is 0 Å². The van der Waals surface area contributed by atoms with Gasteiger partial charge in [-0.3, -0.25) is 9.69 Å². The number of ketones is 1. The fourth-order valence-electron chi connectivity index (χ4n) is 5.65. The van der Waals surface area contributed by atoms with Crippen molar-refractivity contribution in [1.29, 1.82) is 0 Å². The summed E-state index contributed by atoms with van der Waals surface area (Å²) >= 11 is 0. The van der Waals surface area contributed by atoms with E-state index in [4.69, 9.17) is 0 Å². The van der Waals surface area contributed by atoms with Gasteiger partial charge in [-0.15, -0.1) is 0 Å². The third-order valence-electron chi connectivity index (χ3n) is 6.20. The molecule has 0 aromatic rings. The second kappa shape index (κ2) is 4.16. The number of aliphatic hydroxyl groups is 1. The molecule has 4 rings (SSSR count). The molecule has 0 aromatic heterocycles. The molecule has 4 atom stereocenters. The lowest BCUT2D eigenvalue weighted by atomic mass is 9.51. The summed E-state index contributed by atoms with van der Waals surface area (Å²) in [5.74, 6) is 1.82. The molecule has 104 valence electrons. The summed E-state index contributed by atoms with van der Waals surface area (Å²) in [6.07, 6.45) is 8.73. The van der Waals surface area contributed by atoms with Crippen molar-refractivity contribution in [3.05, 3.63) is 11.6 Å². The molecule has 2 aliphatic carbocycles. The minimum absolute atomic E-state index is 0.0866. The van der Waals surface area contributed by atoms with Crippen molar-refractivity contribution < 1.29 is 9.90 Å². The zero-order valence-electron chi connectivity index (χ0n) is 11.5. The molecule has 3 nitrogen and oxygen atoms in total. The van der Waals surface area contributed by atoms with Crippen molar-refractivity contribution >= 4 is 5.78 Å². The summed E-state index contributed by atoms with van der Waals surface area (Å²) in [4.78, 5) is 15.2. The van der Waals surface area contributed by atoms with Crippen LogP contribution in [-0.4, -0.2) is 41.0 Å². The van der Waals surface area contributed by atoms with Crippen LogP contribution >= 0.6 is 0 Å². The zero-order valence-corrected chi connectivity index (χ0v) is 11.5. The zero-order chi connectivity index (χ0) is 13.0. The van der Waals surface area contributed by atoms with Gasteiger partial charge in [-0.05, 0) is 62.6 Å². The normalized spacial score (nSPS) is 45.6. The summed E-state index contributed by atoms with van der Waals surface area (Å²) in [5, 5.41) is 9.59. The van der Waals surface area contributed by atoms with Gasteiger partial charge in [0.1, 0.15) is 5.78 Å². The second-order valence-electron chi connectivity index (χ2n) is 6.92. The third-order valence-corrected chi connectivity index (χ3v) is 6.20. The van der Waals surface area contributed by atoms with Gasteiger partial charge in [-0.2, -0.15) is 0 Å². The van der Waals surface area contributed by atoms with Gasteiger partial charge in [0.05, 0.1) is 6.61 Å². The predicted octanol–water partition coefficient (Wildman–Crippen LogP) is 1.76. The van der Waals surface area contributed by atoms with Crippen molar-refractivity contribution in [1.82, 2.24) is 4.90 Å². The highest BCUT2D eigenvalue weighted by Crippen LogP contribution is 2.57. The molecule has 0 amide bonds. The molecule has 1 spiro atoms. The van der Waals surface area contributed by atoms with Crippen molar-refractivity contribution in [2.45, 2.75) is 44.1 Å². The van der Waals surface area contributed by atoms with Crippen LogP contribution in [0.25, 0.3) is 0 Å². The Balaban J connectivity index is 1.85. The first-order chi connectivity index (χ1) is 9.25. The average Bonchev–Trinajstić information content (AvgIpc) is 2.42. The van der Waals surface area contributed by atoms with Crippen LogP contribution < -0.4 is 0 Å². The standard InChI is InChI=1S/C16H23NO2/c18-10-11-7-12-8-15(19)14-4-2-6-17-5-1-3-13(12)16(14,17)9-11/h7,12-14,18H,1-6,8-10H2/t12-,13+,14+,16+/m0/s1. The van der Waals surface area contributed by atoms with Crippen LogP contribution in [0, 0.1) is 17.8 Å². The monoisotopic (exact) mass is 261 g/mol. The Morgan fingerprint density at radius 3 is 2.89 bits per heavy atom. The number of nitrogens with zero attached hydrogens (tertiary/aromatic N) is 1. The topological polar surface area (TPSA) is 40.5 Å². The molecule has 4 aliphatic rings. The van der Waals surface area contributed by atoms with E-state index < -0.39 is 0 Å². The van der Waals surface area contributed by atoms with E-state index in [0.29, 0.717) is 17.6 Å². The first kappa shape index (κ1) is 12.1. The second-order valence-corrected chi connectivity index (χ2v) is 6.92. The Morgan fingerprint density at radius 1 is 1.32 bits per heavy atom. The third kappa shape index (κ3) is 1.49. The van der Waals surface area contributed by atoms with E-state index >= 15 is 0 Å². The molecular weight excluding hydrogens is 238 g/mol.